The van der Waals surface area contributed by atoms with Gasteiger partial charge in [0.15, 0.2) is 8.32 Å². The molecule has 0 fully saturated rings. The summed E-state index contributed by atoms with van der Waals surface area (Å²) in [5.74, 6) is 0. The van der Waals surface area contributed by atoms with Crippen molar-refractivity contribution in [3.05, 3.63) is 22.3 Å². The monoisotopic (exact) mass is 273 g/mol. The van der Waals surface area contributed by atoms with Gasteiger partial charge >= 0.3 is 0 Å². The second kappa shape index (κ2) is 7.69. The maximum Gasteiger partial charge on any atom is 0.222 e. The molecule has 0 spiro atoms. The summed E-state index contributed by atoms with van der Waals surface area (Å²) in [7, 11) is -1.60. The molecule has 0 aliphatic carbocycles. The number of nitro groups is 1. The fraction of sp³-hybridized carbons (Fsp3) is 0.846. The van der Waals surface area contributed by atoms with Gasteiger partial charge in [0.1, 0.15) is 0 Å². The molecule has 0 radical (unpaired) electrons. The zero-order valence-electron chi connectivity index (χ0n) is 12.4. The van der Waals surface area contributed by atoms with Gasteiger partial charge in [0.2, 0.25) is 6.54 Å². The lowest BCUT2D eigenvalue weighted by Crippen LogP contribution is -2.40. The summed E-state index contributed by atoms with van der Waals surface area (Å²) in [6.07, 6.45) is 6.46. The van der Waals surface area contributed by atoms with E-state index in [-0.39, 0.29) is 16.5 Å². The molecular formula is C13H27NO3Si. The zero-order chi connectivity index (χ0) is 14.2. The number of allylic oxidation sites excluding steroid dienone is 1. The van der Waals surface area contributed by atoms with Gasteiger partial charge in [-0.3, -0.25) is 10.1 Å². The molecule has 18 heavy (non-hydrogen) atoms. The molecule has 0 aromatic rings. The van der Waals surface area contributed by atoms with Crippen LogP contribution in [-0.2, 0) is 4.43 Å². The van der Waals surface area contributed by atoms with E-state index in [0.717, 1.165) is 25.9 Å². The maximum absolute atomic E-state index is 10.1. The Morgan fingerprint density at radius 3 is 2.33 bits per heavy atom. The highest BCUT2D eigenvalue weighted by atomic mass is 28.4. The van der Waals surface area contributed by atoms with E-state index in [1.807, 2.05) is 6.08 Å². The number of unbranched alkanes of at least 4 members (excludes halogenated alkanes) is 2. The van der Waals surface area contributed by atoms with Crippen molar-refractivity contribution < 1.29 is 9.35 Å². The molecular weight excluding hydrogens is 246 g/mol. The fourth-order valence-electron chi connectivity index (χ4n) is 1.19. The summed E-state index contributed by atoms with van der Waals surface area (Å²) in [5.41, 5.74) is 0. The van der Waals surface area contributed by atoms with Crippen molar-refractivity contribution in [3.8, 4) is 0 Å². The normalized spacial score (nSPS) is 13.2. The summed E-state index contributed by atoms with van der Waals surface area (Å²) in [5, 5.41) is 10.3. The molecule has 0 N–H and O–H groups in total. The molecule has 106 valence electrons. The molecule has 0 amide bonds. The van der Waals surface area contributed by atoms with E-state index in [1.165, 1.54) is 0 Å². The molecule has 0 aromatic carbocycles. The molecule has 0 bridgehead atoms. The predicted octanol–water partition coefficient (Wildman–Crippen LogP) is 4.01. The second-order valence-electron chi connectivity index (χ2n) is 6.09. The lowest BCUT2D eigenvalue weighted by atomic mass is 10.2. The summed E-state index contributed by atoms with van der Waals surface area (Å²) >= 11 is 0. The van der Waals surface area contributed by atoms with E-state index < -0.39 is 8.32 Å². The third kappa shape index (κ3) is 7.61. The topological polar surface area (TPSA) is 52.4 Å². The van der Waals surface area contributed by atoms with Crippen LogP contribution in [0.25, 0.3) is 0 Å². The molecule has 0 saturated carbocycles. The number of hydrogen-bond donors (Lipinski definition) is 0. The van der Waals surface area contributed by atoms with Crippen molar-refractivity contribution in [2.75, 3.05) is 13.2 Å². The van der Waals surface area contributed by atoms with Gasteiger partial charge in [-0.25, -0.2) is 0 Å². The first-order valence-corrected chi connectivity index (χ1v) is 9.48. The average molecular weight is 273 g/mol. The number of hydrogen-bond acceptors (Lipinski definition) is 3. The van der Waals surface area contributed by atoms with E-state index >= 15 is 0 Å². The highest BCUT2D eigenvalue weighted by Gasteiger charge is 2.36. The maximum atomic E-state index is 10.1. The number of nitrogens with zero attached hydrogens (tertiary/aromatic N) is 1. The van der Waals surface area contributed by atoms with Gasteiger partial charge in [0, 0.05) is 11.5 Å². The summed E-state index contributed by atoms with van der Waals surface area (Å²) < 4.78 is 6.05. The Balaban J connectivity index is 3.63. The van der Waals surface area contributed by atoms with Gasteiger partial charge in [-0.15, -0.1) is 0 Å². The fourth-order valence-corrected chi connectivity index (χ4v) is 2.27. The van der Waals surface area contributed by atoms with E-state index in [0.29, 0.717) is 0 Å². The minimum Gasteiger partial charge on any atom is -0.417 e. The average Bonchev–Trinajstić information content (AvgIpc) is 2.19. The van der Waals surface area contributed by atoms with Gasteiger partial charge in [-0.05, 0) is 43.5 Å². The lowest BCUT2D eigenvalue weighted by molar-refractivity contribution is -0.468. The first-order chi connectivity index (χ1) is 8.17. The quantitative estimate of drug-likeness (QED) is 0.221. The van der Waals surface area contributed by atoms with Crippen molar-refractivity contribution in [2.24, 2.45) is 0 Å². The van der Waals surface area contributed by atoms with Crippen molar-refractivity contribution >= 4 is 8.32 Å². The van der Waals surface area contributed by atoms with Crippen LogP contribution in [-0.4, -0.2) is 26.4 Å². The molecule has 0 heterocycles. The van der Waals surface area contributed by atoms with Crippen LogP contribution in [0.4, 0.5) is 0 Å². The minimum absolute atomic E-state index is 0.0690. The SMILES string of the molecule is CC(C)(C)[Si](C)(C)OCCCCC=CC[N+](=O)[O-]. The molecule has 0 atom stereocenters. The molecule has 0 saturated heterocycles. The largest absolute Gasteiger partial charge is 0.417 e. The van der Waals surface area contributed by atoms with Crippen LogP contribution in [0, 0.1) is 10.1 Å². The van der Waals surface area contributed by atoms with Gasteiger partial charge in [-0.1, -0.05) is 26.8 Å². The smallest absolute Gasteiger partial charge is 0.222 e. The van der Waals surface area contributed by atoms with E-state index in [2.05, 4.69) is 33.9 Å². The van der Waals surface area contributed by atoms with Crippen LogP contribution in [0.5, 0.6) is 0 Å². The van der Waals surface area contributed by atoms with Gasteiger partial charge in [0.25, 0.3) is 0 Å². The van der Waals surface area contributed by atoms with E-state index in [9.17, 15) is 10.1 Å². The Kier molecular flexibility index (Phi) is 7.39. The molecule has 4 nitrogen and oxygen atoms in total. The highest BCUT2D eigenvalue weighted by molar-refractivity contribution is 6.74. The predicted molar refractivity (Wildman–Crippen MR) is 78.0 cm³/mol. The molecule has 5 heteroatoms. The Hall–Kier alpha value is -0.683. The van der Waals surface area contributed by atoms with Crippen LogP contribution >= 0.6 is 0 Å². The first-order valence-electron chi connectivity index (χ1n) is 6.57. The standard InChI is InChI=1S/C13H27NO3Si/c1-13(2,3)18(4,5)17-12-10-8-6-7-9-11-14(15)16/h7,9H,6,8,10-12H2,1-5H3. The minimum atomic E-state index is -1.60. The van der Waals surface area contributed by atoms with Crippen LogP contribution in [0.3, 0.4) is 0 Å². The lowest BCUT2D eigenvalue weighted by Gasteiger charge is -2.36. The third-order valence-electron chi connectivity index (χ3n) is 3.46. The van der Waals surface area contributed by atoms with Crippen molar-refractivity contribution in [2.45, 2.75) is 58.2 Å². The van der Waals surface area contributed by atoms with Crippen molar-refractivity contribution in [1.82, 2.24) is 0 Å². The van der Waals surface area contributed by atoms with Crippen LogP contribution in [0.2, 0.25) is 18.1 Å². The second-order valence-corrected chi connectivity index (χ2v) is 10.9. The Morgan fingerprint density at radius 2 is 1.83 bits per heavy atom. The van der Waals surface area contributed by atoms with E-state index in [4.69, 9.17) is 4.43 Å². The van der Waals surface area contributed by atoms with Crippen molar-refractivity contribution in [1.29, 1.82) is 0 Å². The molecule has 0 aliphatic heterocycles. The molecule has 0 unspecified atom stereocenters. The molecule has 0 aromatic heterocycles. The third-order valence-corrected chi connectivity index (χ3v) is 7.99. The Labute approximate surface area is 112 Å². The van der Waals surface area contributed by atoms with Gasteiger partial charge in [-0.2, -0.15) is 0 Å². The molecule has 0 rings (SSSR count). The van der Waals surface area contributed by atoms with Gasteiger partial charge < -0.3 is 4.43 Å². The Bertz CT molecular complexity index is 282. The Morgan fingerprint density at radius 1 is 1.22 bits per heavy atom. The van der Waals surface area contributed by atoms with Crippen LogP contribution in [0.15, 0.2) is 12.2 Å². The number of rotatable bonds is 8. The van der Waals surface area contributed by atoms with Crippen LogP contribution < -0.4 is 0 Å². The summed E-state index contributed by atoms with van der Waals surface area (Å²) in [4.78, 5) is 9.76. The summed E-state index contributed by atoms with van der Waals surface area (Å²) in [6, 6.07) is 0. The van der Waals surface area contributed by atoms with Crippen molar-refractivity contribution in [3.63, 3.8) is 0 Å². The molecule has 0 aliphatic rings. The zero-order valence-corrected chi connectivity index (χ0v) is 13.4. The van der Waals surface area contributed by atoms with E-state index in [1.54, 1.807) is 6.08 Å². The van der Waals surface area contributed by atoms with Gasteiger partial charge in [0.05, 0.1) is 0 Å². The summed E-state index contributed by atoms with van der Waals surface area (Å²) in [6.45, 7) is 12.0. The highest BCUT2D eigenvalue weighted by Crippen LogP contribution is 2.36. The van der Waals surface area contributed by atoms with Crippen LogP contribution in [0.1, 0.15) is 40.0 Å². The first kappa shape index (κ1) is 17.3.